The van der Waals surface area contributed by atoms with Gasteiger partial charge < -0.3 is 19.8 Å². The Morgan fingerprint density at radius 1 is 1.16 bits per heavy atom. The Labute approximate surface area is 192 Å². The van der Waals surface area contributed by atoms with Crippen molar-refractivity contribution in [2.45, 2.75) is 31.5 Å². The van der Waals surface area contributed by atoms with Gasteiger partial charge in [-0.2, -0.15) is 0 Å². The van der Waals surface area contributed by atoms with Crippen LogP contribution < -0.4 is 0 Å². The third kappa shape index (κ3) is 6.91. The van der Waals surface area contributed by atoms with Crippen molar-refractivity contribution in [3.63, 3.8) is 0 Å². The molecule has 170 valence electrons. The van der Waals surface area contributed by atoms with Gasteiger partial charge in [-0.15, -0.1) is 0 Å². The van der Waals surface area contributed by atoms with Crippen LogP contribution in [0.4, 0.5) is 4.39 Å². The molecule has 3 rings (SSSR count). The monoisotopic (exact) mass is 471 g/mol. The van der Waals surface area contributed by atoms with Gasteiger partial charge >= 0.3 is 0 Å². The van der Waals surface area contributed by atoms with E-state index in [1.54, 1.807) is 34.1 Å². The van der Waals surface area contributed by atoms with E-state index in [-0.39, 0.29) is 24.8 Å². The molecule has 0 saturated carbocycles. The van der Waals surface area contributed by atoms with Crippen molar-refractivity contribution in [1.82, 2.24) is 14.7 Å². The first-order chi connectivity index (χ1) is 14.8. The van der Waals surface area contributed by atoms with Crippen molar-refractivity contribution in [2.24, 2.45) is 0 Å². The number of benzene rings is 1. The maximum atomic E-state index is 13.6. The summed E-state index contributed by atoms with van der Waals surface area (Å²) in [5.41, 5.74) is 0.774. The van der Waals surface area contributed by atoms with Gasteiger partial charge in [0.05, 0.1) is 16.1 Å². The van der Waals surface area contributed by atoms with Crippen LogP contribution in [-0.4, -0.2) is 89.7 Å². The van der Waals surface area contributed by atoms with Gasteiger partial charge in [-0.25, -0.2) is 4.39 Å². The summed E-state index contributed by atoms with van der Waals surface area (Å²) < 4.78 is 13.6. The fraction of sp³-hybridized carbons (Fsp3) is 0.545. The summed E-state index contributed by atoms with van der Waals surface area (Å²) in [4.78, 5) is 30.4. The first-order valence-corrected chi connectivity index (χ1v) is 11.3. The van der Waals surface area contributed by atoms with Crippen LogP contribution in [0.2, 0.25) is 10.0 Å². The van der Waals surface area contributed by atoms with E-state index >= 15 is 0 Å². The molecule has 2 fully saturated rings. The van der Waals surface area contributed by atoms with Crippen LogP contribution in [-0.2, 0) is 9.59 Å². The number of aliphatic hydroxyl groups is 1. The summed E-state index contributed by atoms with van der Waals surface area (Å²) in [7, 11) is 0. The van der Waals surface area contributed by atoms with Gasteiger partial charge in [0, 0.05) is 51.8 Å². The third-order valence-electron chi connectivity index (χ3n) is 5.76. The minimum atomic E-state index is -1.20. The quantitative estimate of drug-likeness (QED) is 0.647. The lowest BCUT2D eigenvalue weighted by Crippen LogP contribution is -2.45. The Balaban J connectivity index is 1.45. The summed E-state index contributed by atoms with van der Waals surface area (Å²) in [6, 6.07) is 5.14. The molecular weight excluding hydrogens is 444 g/mol. The number of alkyl halides is 1. The van der Waals surface area contributed by atoms with Gasteiger partial charge in [0.25, 0.3) is 0 Å². The highest BCUT2D eigenvalue weighted by Crippen LogP contribution is 2.23. The molecule has 2 heterocycles. The molecule has 1 N–H and O–H groups in total. The second kappa shape index (κ2) is 11.3. The largest absolute Gasteiger partial charge is 0.390 e. The second-order valence-electron chi connectivity index (χ2n) is 7.99. The first-order valence-electron chi connectivity index (χ1n) is 10.6. The Bertz CT molecular complexity index is 823. The molecule has 2 aliphatic heterocycles. The third-order valence-corrected chi connectivity index (χ3v) is 6.49. The number of carbonyl (C=O) groups is 2. The maximum absolute atomic E-state index is 13.6. The van der Waals surface area contributed by atoms with Crippen LogP contribution in [0.15, 0.2) is 24.3 Å². The van der Waals surface area contributed by atoms with Crippen LogP contribution >= 0.6 is 23.2 Å². The summed E-state index contributed by atoms with van der Waals surface area (Å²) in [6.07, 6.45) is 2.56. The second-order valence-corrected chi connectivity index (χ2v) is 8.80. The van der Waals surface area contributed by atoms with Crippen molar-refractivity contribution in [2.75, 3.05) is 45.8 Å². The van der Waals surface area contributed by atoms with E-state index in [2.05, 4.69) is 0 Å². The highest BCUT2D eigenvalue weighted by molar-refractivity contribution is 6.42. The average molecular weight is 472 g/mol. The van der Waals surface area contributed by atoms with Crippen molar-refractivity contribution in [3.8, 4) is 0 Å². The number of aliphatic hydroxyl groups excluding tert-OH is 1. The molecule has 31 heavy (non-hydrogen) atoms. The van der Waals surface area contributed by atoms with Gasteiger partial charge in [0.2, 0.25) is 11.8 Å². The first kappa shape index (κ1) is 24.0. The molecule has 1 aromatic carbocycles. The Kier molecular flexibility index (Phi) is 8.72. The summed E-state index contributed by atoms with van der Waals surface area (Å²) >= 11 is 11.9. The zero-order chi connectivity index (χ0) is 22.4. The molecule has 2 atom stereocenters. The number of carbonyl (C=O) groups excluding carboxylic acids is 2. The zero-order valence-electron chi connectivity index (χ0n) is 17.4. The summed E-state index contributed by atoms with van der Waals surface area (Å²) in [6.45, 7) is 3.51. The van der Waals surface area contributed by atoms with Crippen LogP contribution in [0, 0.1) is 0 Å². The molecule has 9 heteroatoms. The number of rotatable bonds is 6. The van der Waals surface area contributed by atoms with E-state index in [1.807, 2.05) is 4.90 Å². The van der Waals surface area contributed by atoms with E-state index in [0.717, 1.165) is 12.0 Å². The molecule has 2 saturated heterocycles. The number of hydrogen-bond donors (Lipinski definition) is 1. The number of nitrogens with zero attached hydrogens (tertiary/aromatic N) is 3. The molecule has 6 nitrogen and oxygen atoms in total. The normalized spacial score (nSPS) is 23.4. The number of likely N-dealkylation sites (tertiary alicyclic amines) is 1. The fourth-order valence-corrected chi connectivity index (χ4v) is 4.16. The minimum absolute atomic E-state index is 0.0289. The molecule has 0 aliphatic carbocycles. The van der Waals surface area contributed by atoms with E-state index in [9.17, 15) is 19.1 Å². The highest BCUT2D eigenvalue weighted by atomic mass is 35.5. The molecule has 1 aromatic rings. The summed E-state index contributed by atoms with van der Waals surface area (Å²) in [5, 5.41) is 10.4. The van der Waals surface area contributed by atoms with E-state index in [4.69, 9.17) is 23.2 Å². The zero-order valence-corrected chi connectivity index (χ0v) is 18.9. The van der Waals surface area contributed by atoms with E-state index < -0.39 is 12.3 Å². The Morgan fingerprint density at radius 2 is 1.97 bits per heavy atom. The summed E-state index contributed by atoms with van der Waals surface area (Å²) in [5.74, 6) is -0.122. The topological polar surface area (TPSA) is 64.1 Å². The van der Waals surface area contributed by atoms with E-state index in [1.165, 1.54) is 6.08 Å². The number of amides is 2. The molecule has 0 aromatic heterocycles. The number of hydrogen-bond acceptors (Lipinski definition) is 4. The smallest absolute Gasteiger partial charge is 0.246 e. The maximum Gasteiger partial charge on any atom is 0.246 e. The fourth-order valence-electron chi connectivity index (χ4n) is 3.86. The SMILES string of the molecule is O=C(/C=C/c1ccc(Cl)c(Cl)c1)N1CCC(=O)N(CCCN2CC[C@@H](O)[C@@H](F)C2)CC1. The van der Waals surface area contributed by atoms with Crippen LogP contribution in [0.3, 0.4) is 0 Å². The van der Waals surface area contributed by atoms with Gasteiger partial charge in [-0.3, -0.25) is 9.59 Å². The molecule has 2 amide bonds. The molecular formula is C22H28Cl2FN3O3. The standard InChI is InChI=1S/C22H28Cl2FN3O3/c23-17-4-2-16(14-18(17)24)3-5-21(30)28-11-7-22(31)27(12-13-28)9-1-8-26-10-6-20(29)19(25)15-26/h2-5,14,19-20,29H,1,6-13,15H2/b5-3+/t19-,20+/m0/s1. The molecule has 0 unspecified atom stereocenters. The number of piperidine rings is 1. The highest BCUT2D eigenvalue weighted by Gasteiger charge is 2.27. The molecule has 0 bridgehead atoms. The lowest BCUT2D eigenvalue weighted by Gasteiger charge is -2.32. The Morgan fingerprint density at radius 3 is 2.71 bits per heavy atom. The lowest BCUT2D eigenvalue weighted by molar-refractivity contribution is -0.130. The van der Waals surface area contributed by atoms with Crippen LogP contribution in [0.25, 0.3) is 6.08 Å². The van der Waals surface area contributed by atoms with Crippen molar-refractivity contribution in [1.29, 1.82) is 0 Å². The van der Waals surface area contributed by atoms with Crippen molar-refractivity contribution in [3.05, 3.63) is 39.9 Å². The molecule has 2 aliphatic rings. The van der Waals surface area contributed by atoms with Gasteiger partial charge in [0.1, 0.15) is 6.17 Å². The predicted molar refractivity (Wildman–Crippen MR) is 120 cm³/mol. The predicted octanol–water partition coefficient (Wildman–Crippen LogP) is 2.86. The van der Waals surface area contributed by atoms with Crippen LogP contribution in [0.5, 0.6) is 0 Å². The minimum Gasteiger partial charge on any atom is -0.390 e. The van der Waals surface area contributed by atoms with Gasteiger partial charge in [0.15, 0.2) is 0 Å². The van der Waals surface area contributed by atoms with E-state index in [0.29, 0.717) is 55.7 Å². The molecule has 0 spiro atoms. The van der Waals surface area contributed by atoms with Crippen molar-refractivity contribution >= 4 is 41.1 Å². The average Bonchev–Trinajstić information content (AvgIpc) is 2.93. The van der Waals surface area contributed by atoms with Crippen LogP contribution in [0.1, 0.15) is 24.8 Å². The van der Waals surface area contributed by atoms with Crippen molar-refractivity contribution < 1.29 is 19.1 Å². The molecule has 0 radical (unpaired) electrons. The lowest BCUT2D eigenvalue weighted by atomic mass is 10.1. The Hall–Kier alpha value is -1.67. The van der Waals surface area contributed by atoms with Gasteiger partial charge in [-0.1, -0.05) is 29.3 Å². The number of halogens is 3. The van der Waals surface area contributed by atoms with Gasteiger partial charge in [-0.05, 0) is 43.2 Å².